The van der Waals surface area contributed by atoms with Crippen LogP contribution in [-0.2, 0) is 19.1 Å². The van der Waals surface area contributed by atoms with E-state index in [0.29, 0.717) is 28.3 Å². The number of rotatable bonds is 8. The molecule has 2 aromatic carbocycles. The molecule has 0 bridgehead atoms. The van der Waals surface area contributed by atoms with Gasteiger partial charge in [-0.15, -0.1) is 0 Å². The van der Waals surface area contributed by atoms with Crippen LogP contribution >= 0.6 is 0 Å². The van der Waals surface area contributed by atoms with E-state index in [4.69, 9.17) is 14.2 Å². The number of allylic oxidation sites excluding steroid dienone is 1. The minimum Gasteiger partial charge on any atom is -0.497 e. The standard InChI is InChI=1S/C25H26N2O7/c1-5-33-24(28)20-15(3)26-23(16-10-12-19(32-4)13-11-16)22(25(29)34-6-2)21(20)17-8-7-9-18(14-17)27(30)31/h7-14,21,26H,5-6H2,1-4H3. The van der Waals surface area contributed by atoms with Crippen molar-refractivity contribution in [2.75, 3.05) is 20.3 Å². The zero-order valence-electron chi connectivity index (χ0n) is 19.4. The number of nitrogens with zero attached hydrogens (tertiary/aromatic N) is 1. The monoisotopic (exact) mass is 466 g/mol. The quantitative estimate of drug-likeness (QED) is 0.351. The number of methoxy groups -OCH3 is 1. The van der Waals surface area contributed by atoms with Crippen LogP contribution in [0.1, 0.15) is 37.8 Å². The number of carbonyl (C=O) groups excluding carboxylic acids is 2. The molecule has 1 N–H and O–H groups in total. The molecule has 178 valence electrons. The van der Waals surface area contributed by atoms with Crippen molar-refractivity contribution < 1.29 is 28.7 Å². The number of ether oxygens (including phenoxy) is 3. The third kappa shape index (κ3) is 4.93. The summed E-state index contributed by atoms with van der Waals surface area (Å²) in [5.74, 6) is -1.59. The number of carbonyl (C=O) groups is 2. The molecule has 0 spiro atoms. The van der Waals surface area contributed by atoms with Gasteiger partial charge in [0.15, 0.2) is 0 Å². The number of benzene rings is 2. The Morgan fingerprint density at radius 1 is 1.00 bits per heavy atom. The number of nitro groups is 1. The summed E-state index contributed by atoms with van der Waals surface area (Å²) in [7, 11) is 1.55. The number of dihydropyridines is 1. The Kier molecular flexibility index (Phi) is 7.68. The Morgan fingerprint density at radius 3 is 2.18 bits per heavy atom. The molecule has 0 saturated carbocycles. The van der Waals surface area contributed by atoms with Gasteiger partial charge in [-0.3, -0.25) is 10.1 Å². The molecule has 2 aromatic rings. The van der Waals surface area contributed by atoms with Gasteiger partial charge in [-0.25, -0.2) is 9.59 Å². The molecular weight excluding hydrogens is 440 g/mol. The minimum atomic E-state index is -0.948. The number of nitro benzene ring substituents is 1. The van der Waals surface area contributed by atoms with E-state index in [1.807, 2.05) is 0 Å². The van der Waals surface area contributed by atoms with Crippen molar-refractivity contribution in [1.82, 2.24) is 5.32 Å². The molecule has 3 rings (SSSR count). The van der Waals surface area contributed by atoms with Gasteiger partial charge in [0, 0.05) is 17.8 Å². The van der Waals surface area contributed by atoms with Crippen LogP contribution < -0.4 is 10.1 Å². The molecule has 34 heavy (non-hydrogen) atoms. The average molecular weight is 466 g/mol. The van der Waals surface area contributed by atoms with Crippen molar-refractivity contribution >= 4 is 23.3 Å². The van der Waals surface area contributed by atoms with Gasteiger partial charge in [0.2, 0.25) is 0 Å². The molecule has 1 heterocycles. The fraction of sp³-hybridized carbons (Fsp3) is 0.280. The Morgan fingerprint density at radius 2 is 1.62 bits per heavy atom. The minimum absolute atomic E-state index is 0.108. The van der Waals surface area contributed by atoms with Crippen molar-refractivity contribution in [2.45, 2.75) is 26.7 Å². The van der Waals surface area contributed by atoms with E-state index >= 15 is 0 Å². The van der Waals surface area contributed by atoms with Gasteiger partial charge in [0.25, 0.3) is 5.69 Å². The third-order valence-electron chi connectivity index (χ3n) is 5.35. The summed E-state index contributed by atoms with van der Waals surface area (Å²) in [4.78, 5) is 37.2. The maximum absolute atomic E-state index is 13.3. The zero-order valence-corrected chi connectivity index (χ0v) is 19.4. The average Bonchev–Trinajstić information content (AvgIpc) is 2.83. The molecule has 0 aliphatic carbocycles. The highest BCUT2D eigenvalue weighted by molar-refractivity contribution is 6.05. The molecule has 1 atom stereocenters. The lowest BCUT2D eigenvalue weighted by molar-refractivity contribution is -0.384. The van der Waals surface area contributed by atoms with Crippen molar-refractivity contribution in [3.63, 3.8) is 0 Å². The van der Waals surface area contributed by atoms with E-state index in [1.165, 1.54) is 18.2 Å². The predicted molar refractivity (Wildman–Crippen MR) is 125 cm³/mol. The number of esters is 2. The lowest BCUT2D eigenvalue weighted by Crippen LogP contribution is -2.32. The Bertz CT molecular complexity index is 1170. The first-order chi connectivity index (χ1) is 16.3. The van der Waals surface area contributed by atoms with Crippen molar-refractivity contribution in [1.29, 1.82) is 0 Å². The molecular formula is C25H26N2O7. The normalized spacial score (nSPS) is 15.5. The van der Waals surface area contributed by atoms with E-state index in [0.717, 1.165) is 0 Å². The first-order valence-electron chi connectivity index (χ1n) is 10.8. The largest absolute Gasteiger partial charge is 0.497 e. The Labute approximate surface area is 197 Å². The smallest absolute Gasteiger partial charge is 0.337 e. The summed E-state index contributed by atoms with van der Waals surface area (Å²) < 4.78 is 15.9. The predicted octanol–water partition coefficient (Wildman–Crippen LogP) is 4.10. The molecule has 1 aliphatic heterocycles. The lowest BCUT2D eigenvalue weighted by Gasteiger charge is -2.31. The summed E-state index contributed by atoms with van der Waals surface area (Å²) in [5.41, 5.74) is 2.13. The van der Waals surface area contributed by atoms with Gasteiger partial charge in [-0.1, -0.05) is 12.1 Å². The molecule has 9 nitrogen and oxygen atoms in total. The molecule has 0 saturated heterocycles. The number of nitrogens with one attached hydrogen (secondary N) is 1. The highest BCUT2D eigenvalue weighted by Crippen LogP contribution is 2.42. The summed E-state index contributed by atoms with van der Waals surface area (Å²) in [5, 5.41) is 14.6. The van der Waals surface area contributed by atoms with E-state index in [-0.39, 0.29) is 30.0 Å². The molecule has 9 heteroatoms. The SMILES string of the molecule is CCOC(=O)C1=C(C)NC(c2ccc(OC)cc2)=C(C(=O)OCC)C1c1cccc([N+](=O)[O-])c1. The van der Waals surface area contributed by atoms with Crippen LogP contribution in [0.15, 0.2) is 65.4 Å². The van der Waals surface area contributed by atoms with E-state index in [9.17, 15) is 19.7 Å². The number of hydrogen-bond acceptors (Lipinski definition) is 8. The van der Waals surface area contributed by atoms with Gasteiger partial charge >= 0.3 is 11.9 Å². The van der Waals surface area contributed by atoms with E-state index in [2.05, 4.69) is 5.32 Å². The molecule has 1 unspecified atom stereocenters. The highest BCUT2D eigenvalue weighted by atomic mass is 16.6. The zero-order chi connectivity index (χ0) is 24.8. The van der Waals surface area contributed by atoms with Crippen molar-refractivity contribution in [2.24, 2.45) is 0 Å². The van der Waals surface area contributed by atoms with Crippen LogP contribution in [0.3, 0.4) is 0 Å². The molecule has 0 radical (unpaired) electrons. The number of non-ortho nitro benzene ring substituents is 1. The van der Waals surface area contributed by atoms with Gasteiger partial charge in [0.1, 0.15) is 5.75 Å². The maximum atomic E-state index is 13.3. The van der Waals surface area contributed by atoms with Gasteiger partial charge in [-0.2, -0.15) is 0 Å². The van der Waals surface area contributed by atoms with Crippen LogP contribution in [0.25, 0.3) is 5.70 Å². The Balaban J connectivity index is 2.31. The summed E-state index contributed by atoms with van der Waals surface area (Å²) in [6.45, 7) is 5.29. The van der Waals surface area contributed by atoms with Crippen molar-refractivity contribution in [3.8, 4) is 5.75 Å². The second-order valence-corrected chi connectivity index (χ2v) is 7.41. The van der Waals surface area contributed by atoms with Crippen LogP contribution in [0.5, 0.6) is 5.75 Å². The summed E-state index contributed by atoms with van der Waals surface area (Å²) in [6, 6.07) is 12.9. The molecule has 0 fully saturated rings. The van der Waals surface area contributed by atoms with E-state index < -0.39 is 22.8 Å². The highest BCUT2D eigenvalue weighted by Gasteiger charge is 2.39. The van der Waals surface area contributed by atoms with Gasteiger partial charge in [0.05, 0.1) is 48.0 Å². The summed E-state index contributed by atoms with van der Waals surface area (Å²) in [6.07, 6.45) is 0. The molecule has 0 amide bonds. The number of hydrogen-bond donors (Lipinski definition) is 1. The summed E-state index contributed by atoms with van der Waals surface area (Å²) >= 11 is 0. The first kappa shape index (κ1) is 24.5. The second kappa shape index (κ2) is 10.7. The fourth-order valence-electron chi connectivity index (χ4n) is 3.87. The van der Waals surface area contributed by atoms with Crippen LogP contribution in [0.2, 0.25) is 0 Å². The lowest BCUT2D eigenvalue weighted by atomic mass is 9.79. The van der Waals surface area contributed by atoms with Crippen LogP contribution in [0, 0.1) is 10.1 Å². The van der Waals surface area contributed by atoms with Crippen molar-refractivity contribution in [3.05, 3.63) is 86.6 Å². The van der Waals surface area contributed by atoms with Gasteiger partial charge in [-0.05, 0) is 56.2 Å². The first-order valence-corrected chi connectivity index (χ1v) is 10.8. The molecule has 0 aromatic heterocycles. The molecule has 1 aliphatic rings. The second-order valence-electron chi connectivity index (χ2n) is 7.41. The third-order valence-corrected chi connectivity index (χ3v) is 5.35. The fourth-order valence-corrected chi connectivity index (χ4v) is 3.87. The topological polar surface area (TPSA) is 117 Å². The van der Waals surface area contributed by atoms with Crippen LogP contribution in [-0.4, -0.2) is 37.2 Å². The van der Waals surface area contributed by atoms with E-state index in [1.54, 1.807) is 58.2 Å². The van der Waals surface area contributed by atoms with Crippen LogP contribution in [0.4, 0.5) is 5.69 Å². The van der Waals surface area contributed by atoms with Gasteiger partial charge < -0.3 is 19.5 Å². The Hall–Kier alpha value is -4.14. The maximum Gasteiger partial charge on any atom is 0.337 e.